The van der Waals surface area contributed by atoms with Crippen LogP contribution in [0.25, 0.3) is 0 Å². The first-order chi connectivity index (χ1) is 12.2. The molecule has 0 saturated carbocycles. The minimum atomic E-state index is -2.12. The van der Waals surface area contributed by atoms with Gasteiger partial charge in [0.15, 0.2) is 0 Å². The number of hydrogen-bond acceptors (Lipinski definition) is 1. The first-order valence-electron chi connectivity index (χ1n) is 9.07. The molecule has 0 fully saturated rings. The van der Waals surface area contributed by atoms with Gasteiger partial charge in [-0.1, -0.05) is 83.1 Å². The zero-order valence-corrected chi connectivity index (χ0v) is 18.3. The highest BCUT2D eigenvalue weighted by Crippen LogP contribution is 2.45. The van der Waals surface area contributed by atoms with Gasteiger partial charge >= 0.3 is 0 Å². The molecule has 0 aliphatic carbocycles. The van der Waals surface area contributed by atoms with E-state index in [1.807, 2.05) is 0 Å². The highest BCUT2D eigenvalue weighted by Gasteiger charge is 2.29. The molecule has 0 unspecified atom stereocenters. The first-order valence-corrected chi connectivity index (χ1v) is 11.9. The number of benzene rings is 3. The monoisotopic (exact) mass is 378 g/mol. The van der Waals surface area contributed by atoms with Gasteiger partial charge in [-0.2, -0.15) is 0 Å². The normalized spacial score (nSPS) is 11.6. The highest BCUT2D eigenvalue weighted by molar-refractivity contribution is 8.25. The Labute approximate surface area is 163 Å². The molecular formula is C24H27PS. The second-order valence-electron chi connectivity index (χ2n) is 7.48. The van der Waals surface area contributed by atoms with Gasteiger partial charge in [0.2, 0.25) is 0 Å². The van der Waals surface area contributed by atoms with E-state index in [-0.39, 0.29) is 0 Å². The molecule has 134 valence electrons. The fourth-order valence-corrected chi connectivity index (χ4v) is 9.02. The van der Waals surface area contributed by atoms with Crippen molar-refractivity contribution in [2.45, 2.75) is 41.5 Å². The summed E-state index contributed by atoms with van der Waals surface area (Å²) >= 11 is 6.60. The molecule has 0 heterocycles. The summed E-state index contributed by atoms with van der Waals surface area (Å²) in [6.07, 6.45) is 0. The molecule has 26 heavy (non-hydrogen) atoms. The van der Waals surface area contributed by atoms with Crippen LogP contribution in [-0.2, 0) is 11.8 Å². The molecule has 0 bridgehead atoms. The maximum absolute atomic E-state index is 6.60. The summed E-state index contributed by atoms with van der Waals surface area (Å²) in [6.45, 7) is 13.1. The van der Waals surface area contributed by atoms with Gasteiger partial charge in [-0.3, -0.25) is 0 Å². The molecule has 0 amide bonds. The Balaban J connectivity index is 2.41. The Morgan fingerprint density at radius 3 is 1.00 bits per heavy atom. The second-order valence-corrected chi connectivity index (χ2v) is 11.8. The summed E-state index contributed by atoms with van der Waals surface area (Å²) in [5, 5.41) is 3.95. The lowest BCUT2D eigenvalue weighted by Crippen LogP contribution is -2.29. The minimum absolute atomic E-state index is 1.29. The smallest absolute Gasteiger partial charge is 0.0387 e. The largest absolute Gasteiger partial charge is 0.0826 e. The predicted octanol–water partition coefficient (Wildman–Crippen LogP) is 5.29. The minimum Gasteiger partial charge on any atom is -0.0826 e. The van der Waals surface area contributed by atoms with Crippen LogP contribution in [0.3, 0.4) is 0 Å². The van der Waals surface area contributed by atoms with Gasteiger partial charge in [-0.15, -0.1) is 0 Å². The van der Waals surface area contributed by atoms with E-state index in [0.717, 1.165) is 0 Å². The fraction of sp³-hybridized carbons (Fsp3) is 0.250. The molecule has 0 radical (unpaired) electrons. The van der Waals surface area contributed by atoms with Crippen molar-refractivity contribution in [2.75, 3.05) is 0 Å². The third-order valence-corrected chi connectivity index (χ3v) is 10.4. The number of aryl methyl sites for hydroxylation is 6. The van der Waals surface area contributed by atoms with Crippen molar-refractivity contribution in [2.24, 2.45) is 0 Å². The van der Waals surface area contributed by atoms with Gasteiger partial charge in [0.1, 0.15) is 0 Å². The lowest BCUT2D eigenvalue weighted by atomic mass is 10.1. The van der Waals surface area contributed by atoms with E-state index in [2.05, 4.69) is 96.1 Å². The maximum atomic E-state index is 6.60. The van der Waals surface area contributed by atoms with Crippen LogP contribution in [0.5, 0.6) is 0 Å². The summed E-state index contributed by atoms with van der Waals surface area (Å²) < 4.78 is 0. The molecule has 0 saturated heterocycles. The summed E-state index contributed by atoms with van der Waals surface area (Å²) in [4.78, 5) is 0. The molecule has 0 N–H and O–H groups in total. The van der Waals surface area contributed by atoms with E-state index in [1.54, 1.807) is 0 Å². The quantitative estimate of drug-likeness (QED) is 0.558. The van der Waals surface area contributed by atoms with Crippen molar-refractivity contribution < 1.29 is 0 Å². The van der Waals surface area contributed by atoms with Gasteiger partial charge < -0.3 is 0 Å². The van der Waals surface area contributed by atoms with Gasteiger partial charge in [-0.05, 0) is 74.1 Å². The lowest BCUT2D eigenvalue weighted by Gasteiger charge is -2.29. The van der Waals surface area contributed by atoms with Crippen molar-refractivity contribution in [3.63, 3.8) is 0 Å². The Morgan fingerprint density at radius 2 is 0.769 bits per heavy atom. The van der Waals surface area contributed by atoms with Crippen LogP contribution in [0.4, 0.5) is 0 Å². The Hall–Kier alpha value is -1.69. The van der Waals surface area contributed by atoms with E-state index < -0.39 is 6.04 Å². The van der Waals surface area contributed by atoms with Gasteiger partial charge in [-0.25, -0.2) is 0 Å². The molecule has 0 aliphatic rings. The lowest BCUT2D eigenvalue weighted by molar-refractivity contribution is 1.40. The fourth-order valence-electron chi connectivity index (χ4n) is 3.87. The third-order valence-electron chi connectivity index (χ3n) is 5.07. The zero-order valence-electron chi connectivity index (χ0n) is 16.6. The molecular weight excluding hydrogens is 351 g/mol. The summed E-state index contributed by atoms with van der Waals surface area (Å²) in [7, 11) is 0. The Kier molecular flexibility index (Phi) is 5.24. The molecule has 0 nitrogen and oxygen atoms in total. The van der Waals surface area contributed by atoms with Crippen molar-refractivity contribution in [1.82, 2.24) is 0 Å². The highest BCUT2D eigenvalue weighted by atomic mass is 32.4. The van der Waals surface area contributed by atoms with Crippen molar-refractivity contribution >= 4 is 33.8 Å². The molecule has 3 aromatic carbocycles. The van der Waals surface area contributed by atoms with Gasteiger partial charge in [0.25, 0.3) is 0 Å². The second kappa shape index (κ2) is 7.14. The van der Waals surface area contributed by atoms with E-state index in [1.165, 1.54) is 49.3 Å². The average molecular weight is 379 g/mol. The topological polar surface area (TPSA) is 0 Å². The maximum Gasteiger partial charge on any atom is 0.0387 e. The zero-order chi connectivity index (χ0) is 19.1. The molecule has 0 atom stereocenters. The Bertz CT molecular complexity index is 898. The SMILES string of the molecule is Cc1ccc(P(=S)(c2ccc(C)cc2C)c2ccc(C)cc2C)c(C)c1. The van der Waals surface area contributed by atoms with Gasteiger partial charge in [0.05, 0.1) is 0 Å². The van der Waals surface area contributed by atoms with E-state index in [9.17, 15) is 0 Å². The van der Waals surface area contributed by atoms with Crippen LogP contribution in [0.15, 0.2) is 54.6 Å². The third kappa shape index (κ3) is 3.31. The van der Waals surface area contributed by atoms with Gasteiger partial charge in [0, 0.05) is 6.04 Å². The molecule has 3 rings (SSSR count). The van der Waals surface area contributed by atoms with Crippen LogP contribution >= 0.6 is 6.04 Å². The van der Waals surface area contributed by atoms with Crippen molar-refractivity contribution in [3.8, 4) is 0 Å². The van der Waals surface area contributed by atoms with Crippen molar-refractivity contribution in [1.29, 1.82) is 0 Å². The van der Waals surface area contributed by atoms with E-state index in [4.69, 9.17) is 11.8 Å². The average Bonchev–Trinajstić information content (AvgIpc) is 2.54. The molecule has 0 aromatic heterocycles. The summed E-state index contributed by atoms with van der Waals surface area (Å²) in [5.41, 5.74) is 7.76. The molecule has 2 heteroatoms. The standard InChI is InChI=1S/C24H27PS/c1-16-7-10-22(19(4)13-16)25(26,23-11-8-17(2)14-20(23)5)24-12-9-18(3)15-21(24)6/h7-15H,1-6H3. The number of hydrogen-bond donors (Lipinski definition) is 0. The number of rotatable bonds is 3. The summed E-state index contributed by atoms with van der Waals surface area (Å²) in [6, 6.07) is 18.1. The van der Waals surface area contributed by atoms with Crippen LogP contribution in [0, 0.1) is 41.5 Å². The van der Waals surface area contributed by atoms with Crippen LogP contribution in [0.1, 0.15) is 33.4 Å². The van der Waals surface area contributed by atoms with E-state index in [0.29, 0.717) is 0 Å². The molecule has 3 aromatic rings. The molecule has 0 aliphatic heterocycles. The van der Waals surface area contributed by atoms with Crippen LogP contribution < -0.4 is 15.9 Å². The van der Waals surface area contributed by atoms with Crippen LogP contribution in [0.2, 0.25) is 0 Å². The first kappa shape index (κ1) is 19.1. The van der Waals surface area contributed by atoms with Crippen LogP contribution in [-0.4, -0.2) is 0 Å². The van der Waals surface area contributed by atoms with Crippen molar-refractivity contribution in [3.05, 3.63) is 88.0 Å². The molecule has 0 spiro atoms. The van der Waals surface area contributed by atoms with E-state index >= 15 is 0 Å². The summed E-state index contributed by atoms with van der Waals surface area (Å²) in [5.74, 6) is 0. The predicted molar refractivity (Wildman–Crippen MR) is 121 cm³/mol. The Morgan fingerprint density at radius 1 is 0.500 bits per heavy atom.